The summed E-state index contributed by atoms with van der Waals surface area (Å²) in [4.78, 5) is 14.6. The summed E-state index contributed by atoms with van der Waals surface area (Å²) in [7, 11) is 0. The average molecular weight is 433 g/mol. The second kappa shape index (κ2) is 10.3. The van der Waals surface area contributed by atoms with E-state index in [1.165, 1.54) is 5.56 Å². The summed E-state index contributed by atoms with van der Waals surface area (Å²) < 4.78 is 12.0. The summed E-state index contributed by atoms with van der Waals surface area (Å²) in [5.41, 5.74) is 6.91. The van der Waals surface area contributed by atoms with Crippen LogP contribution in [0.2, 0.25) is 0 Å². The van der Waals surface area contributed by atoms with Gasteiger partial charge in [-0.25, -0.2) is 4.79 Å². The Morgan fingerprint density at radius 1 is 1.19 bits per heavy atom. The molecule has 1 amide bonds. The second-order valence-electron chi connectivity index (χ2n) is 10.2. The molecule has 0 bridgehead atoms. The summed E-state index contributed by atoms with van der Waals surface area (Å²) in [5, 5.41) is 9.61. The third-order valence-corrected chi connectivity index (χ3v) is 6.72. The maximum Gasteiger partial charge on any atom is 0.410 e. The molecule has 6 nitrogen and oxygen atoms in total. The molecular formula is C25H40N2O4. The van der Waals surface area contributed by atoms with E-state index in [9.17, 15) is 9.90 Å². The van der Waals surface area contributed by atoms with Gasteiger partial charge in [-0.3, -0.25) is 0 Å². The first-order chi connectivity index (χ1) is 14.7. The Morgan fingerprint density at radius 3 is 2.48 bits per heavy atom. The first-order valence-electron chi connectivity index (χ1n) is 11.8. The molecule has 6 heteroatoms. The van der Waals surface area contributed by atoms with Gasteiger partial charge in [-0.05, 0) is 77.2 Å². The average Bonchev–Trinajstić information content (AvgIpc) is 2.72. The van der Waals surface area contributed by atoms with Crippen molar-refractivity contribution in [2.75, 3.05) is 19.8 Å². The number of hydrogen-bond acceptors (Lipinski definition) is 5. The van der Waals surface area contributed by atoms with Crippen molar-refractivity contribution in [3.05, 3.63) is 35.9 Å². The number of carbonyl (C=O) groups excluding carboxylic acids is 1. The highest BCUT2D eigenvalue weighted by Crippen LogP contribution is 2.35. The lowest BCUT2D eigenvalue weighted by Crippen LogP contribution is -2.65. The minimum Gasteiger partial charge on any atom is -0.444 e. The van der Waals surface area contributed by atoms with Crippen LogP contribution in [-0.4, -0.2) is 59.1 Å². The number of piperidine rings is 1. The van der Waals surface area contributed by atoms with E-state index in [1.807, 2.05) is 20.8 Å². The van der Waals surface area contributed by atoms with Gasteiger partial charge in [-0.15, -0.1) is 0 Å². The Balaban J connectivity index is 1.62. The van der Waals surface area contributed by atoms with Crippen molar-refractivity contribution in [3.8, 4) is 0 Å². The van der Waals surface area contributed by atoms with Crippen molar-refractivity contribution in [2.45, 2.75) is 94.9 Å². The summed E-state index contributed by atoms with van der Waals surface area (Å²) >= 11 is 0. The minimum absolute atomic E-state index is 0.00264. The smallest absolute Gasteiger partial charge is 0.410 e. The molecule has 31 heavy (non-hydrogen) atoms. The fourth-order valence-corrected chi connectivity index (χ4v) is 5.02. The zero-order valence-corrected chi connectivity index (χ0v) is 19.4. The lowest BCUT2D eigenvalue weighted by molar-refractivity contribution is -0.0569. The van der Waals surface area contributed by atoms with Crippen molar-refractivity contribution >= 4 is 6.09 Å². The second-order valence-corrected chi connectivity index (χ2v) is 10.2. The van der Waals surface area contributed by atoms with E-state index >= 15 is 0 Å². The minimum atomic E-state index is -0.662. The van der Waals surface area contributed by atoms with E-state index in [0.29, 0.717) is 25.5 Å². The van der Waals surface area contributed by atoms with Gasteiger partial charge in [0.2, 0.25) is 0 Å². The van der Waals surface area contributed by atoms with E-state index < -0.39 is 11.1 Å². The molecule has 1 saturated carbocycles. The first kappa shape index (κ1) is 24.0. The molecule has 3 N–H and O–H groups in total. The van der Waals surface area contributed by atoms with Crippen LogP contribution in [0, 0.1) is 0 Å². The van der Waals surface area contributed by atoms with Crippen LogP contribution >= 0.6 is 0 Å². The van der Waals surface area contributed by atoms with E-state index in [-0.39, 0.29) is 24.8 Å². The fraction of sp³-hybridized carbons (Fsp3) is 0.720. The van der Waals surface area contributed by atoms with Crippen LogP contribution in [0.5, 0.6) is 0 Å². The van der Waals surface area contributed by atoms with E-state index in [0.717, 1.165) is 38.5 Å². The number of aliphatic hydroxyl groups is 1. The highest BCUT2D eigenvalue weighted by atomic mass is 16.6. The summed E-state index contributed by atoms with van der Waals surface area (Å²) in [6.45, 7) is 6.60. The molecule has 1 aromatic rings. The fourth-order valence-electron chi connectivity index (χ4n) is 5.02. The Labute approximate surface area is 187 Å². The molecule has 3 rings (SSSR count). The van der Waals surface area contributed by atoms with Crippen LogP contribution in [0.3, 0.4) is 0 Å². The largest absolute Gasteiger partial charge is 0.444 e. The highest BCUT2D eigenvalue weighted by molar-refractivity contribution is 5.69. The molecule has 2 aliphatic rings. The number of rotatable bonds is 6. The summed E-state index contributed by atoms with van der Waals surface area (Å²) in [6, 6.07) is 10.4. The molecule has 1 aliphatic carbocycles. The van der Waals surface area contributed by atoms with Crippen molar-refractivity contribution < 1.29 is 19.4 Å². The van der Waals surface area contributed by atoms with Crippen molar-refractivity contribution in [2.24, 2.45) is 5.73 Å². The van der Waals surface area contributed by atoms with E-state index in [4.69, 9.17) is 15.2 Å². The van der Waals surface area contributed by atoms with Crippen molar-refractivity contribution in [1.29, 1.82) is 0 Å². The van der Waals surface area contributed by atoms with Gasteiger partial charge >= 0.3 is 6.09 Å². The molecule has 2 fully saturated rings. The Bertz CT molecular complexity index is 693. The van der Waals surface area contributed by atoms with Gasteiger partial charge in [-0.1, -0.05) is 30.3 Å². The van der Waals surface area contributed by atoms with Crippen LogP contribution in [0.1, 0.15) is 77.2 Å². The number of benzene rings is 1. The quantitative estimate of drug-likeness (QED) is 0.703. The summed E-state index contributed by atoms with van der Waals surface area (Å²) in [6.07, 6.45) is 6.09. The standard InChI is InChI=1S/C25H40N2O4/c1-24(2,3)31-23(29)27-16-7-14-25(26,15-17-28)22(27)18-30-21-12-10-20(11-13-21)19-8-5-4-6-9-19/h4-6,8-9,20-22,28H,7,10-18,26H2,1-3H3/t20-,21+,22-,25+/m0/s1. The molecule has 1 heterocycles. The maximum absolute atomic E-state index is 12.9. The number of nitrogens with zero attached hydrogens (tertiary/aromatic N) is 1. The highest BCUT2D eigenvalue weighted by Gasteiger charge is 2.45. The van der Waals surface area contributed by atoms with Crippen molar-refractivity contribution in [1.82, 2.24) is 4.90 Å². The zero-order chi connectivity index (χ0) is 22.5. The topological polar surface area (TPSA) is 85.0 Å². The molecule has 0 unspecified atom stereocenters. The van der Waals surface area contributed by atoms with E-state index in [2.05, 4.69) is 30.3 Å². The Hall–Kier alpha value is -1.63. The molecule has 1 saturated heterocycles. The van der Waals surface area contributed by atoms with Crippen LogP contribution in [0.4, 0.5) is 4.79 Å². The molecule has 0 spiro atoms. The molecule has 0 aromatic heterocycles. The van der Waals surface area contributed by atoms with E-state index in [1.54, 1.807) is 4.90 Å². The number of aliphatic hydroxyl groups excluding tert-OH is 1. The first-order valence-corrected chi connectivity index (χ1v) is 11.8. The molecule has 1 aromatic carbocycles. The molecule has 174 valence electrons. The monoisotopic (exact) mass is 432 g/mol. The van der Waals surface area contributed by atoms with Gasteiger partial charge in [0.25, 0.3) is 0 Å². The zero-order valence-electron chi connectivity index (χ0n) is 19.4. The Kier molecular flexibility index (Phi) is 8.00. The number of likely N-dealkylation sites (tertiary alicyclic amines) is 1. The van der Waals surface area contributed by atoms with Gasteiger partial charge in [0.05, 0.1) is 18.8 Å². The maximum atomic E-state index is 12.9. The van der Waals surface area contributed by atoms with Crippen LogP contribution in [-0.2, 0) is 9.47 Å². The lowest BCUT2D eigenvalue weighted by atomic mass is 9.79. The van der Waals surface area contributed by atoms with Gasteiger partial charge in [0.1, 0.15) is 5.60 Å². The number of carbonyl (C=O) groups is 1. The predicted octanol–water partition coefficient (Wildman–Crippen LogP) is 4.21. The number of ether oxygens (including phenoxy) is 2. The molecular weight excluding hydrogens is 392 g/mol. The molecule has 1 aliphatic heterocycles. The molecule has 0 radical (unpaired) electrons. The van der Waals surface area contributed by atoms with Crippen LogP contribution < -0.4 is 5.73 Å². The third-order valence-electron chi connectivity index (χ3n) is 6.72. The number of nitrogens with two attached hydrogens (primary N) is 1. The van der Waals surface area contributed by atoms with Crippen molar-refractivity contribution in [3.63, 3.8) is 0 Å². The number of amides is 1. The van der Waals surface area contributed by atoms with Crippen LogP contribution in [0.25, 0.3) is 0 Å². The van der Waals surface area contributed by atoms with Gasteiger partial charge in [0.15, 0.2) is 0 Å². The normalized spacial score (nSPS) is 29.6. The number of hydrogen-bond donors (Lipinski definition) is 2. The van der Waals surface area contributed by atoms with Crippen LogP contribution in [0.15, 0.2) is 30.3 Å². The predicted molar refractivity (Wildman–Crippen MR) is 122 cm³/mol. The van der Waals surface area contributed by atoms with Gasteiger partial charge in [-0.2, -0.15) is 0 Å². The molecule has 2 atom stereocenters. The SMILES string of the molecule is CC(C)(C)OC(=O)N1CCC[C@@](N)(CCO)[C@@H]1CO[C@H]1CC[C@@H](c2ccccc2)CC1. The Morgan fingerprint density at radius 2 is 1.87 bits per heavy atom. The van der Waals surface area contributed by atoms with Gasteiger partial charge < -0.3 is 25.2 Å². The van der Waals surface area contributed by atoms with Gasteiger partial charge in [0, 0.05) is 18.7 Å². The lowest BCUT2D eigenvalue weighted by Gasteiger charge is -2.48. The third kappa shape index (κ3) is 6.43. The summed E-state index contributed by atoms with van der Waals surface area (Å²) in [5.74, 6) is 0.594.